The fourth-order valence-electron chi connectivity index (χ4n) is 6.56. The Balaban J connectivity index is 1.52. The molecule has 0 aromatic heterocycles. The number of hydrogen-bond acceptors (Lipinski definition) is 18. The Morgan fingerprint density at radius 3 is 2.24 bits per heavy atom. The minimum Gasteiger partial charge on any atom is -0.394 e. The summed E-state index contributed by atoms with van der Waals surface area (Å²) in [5.41, 5.74) is 8.95. The number of likely N-dealkylation sites (N-methyl/N-ethyl adjacent to an activating group) is 1. The van der Waals surface area contributed by atoms with Crippen molar-refractivity contribution in [3.05, 3.63) is 0 Å². The molecule has 4 aliphatic rings. The van der Waals surface area contributed by atoms with Crippen LogP contribution in [-0.4, -0.2) is 188 Å². The van der Waals surface area contributed by atoms with E-state index >= 15 is 0 Å². The van der Waals surface area contributed by atoms with Gasteiger partial charge in [0.25, 0.3) is 5.91 Å². The number of rotatable bonds is 12. The summed E-state index contributed by atoms with van der Waals surface area (Å²) in [6.45, 7) is 0.495. The first-order chi connectivity index (χ1) is 21.5. The highest BCUT2D eigenvalue weighted by atomic mass is 16.7. The number of nitrogens with one attached hydrogen (secondary N) is 3. The van der Waals surface area contributed by atoms with E-state index in [4.69, 9.17) is 35.5 Å². The molecule has 0 bridgehead atoms. The first kappa shape index (κ1) is 37.6. The summed E-state index contributed by atoms with van der Waals surface area (Å²) in [6, 6.07) is -3.37. The summed E-state index contributed by atoms with van der Waals surface area (Å²) in [7, 11) is 1.52. The molecule has 19 heteroatoms. The predicted octanol–water partition coefficient (Wildman–Crippen LogP) is -8.01. The van der Waals surface area contributed by atoms with Gasteiger partial charge in [-0.1, -0.05) is 0 Å². The lowest BCUT2D eigenvalue weighted by molar-refractivity contribution is -0.331. The number of nitrogens with two attached hydrogens (primary N) is 2. The number of carbonyl (C=O) groups excluding carboxylic acids is 1. The van der Waals surface area contributed by atoms with Crippen LogP contribution in [0.3, 0.4) is 0 Å². The van der Waals surface area contributed by atoms with Gasteiger partial charge in [0, 0.05) is 38.0 Å². The molecule has 268 valence electrons. The van der Waals surface area contributed by atoms with Gasteiger partial charge in [0.05, 0.1) is 31.4 Å². The van der Waals surface area contributed by atoms with E-state index in [1.807, 2.05) is 0 Å². The molecule has 1 amide bonds. The van der Waals surface area contributed by atoms with Gasteiger partial charge < -0.3 is 92.3 Å². The normalized spacial score (nSPS) is 48.8. The largest absolute Gasteiger partial charge is 0.394 e. The zero-order valence-corrected chi connectivity index (χ0v) is 25.8. The van der Waals surface area contributed by atoms with Crippen molar-refractivity contribution in [2.45, 2.75) is 129 Å². The van der Waals surface area contributed by atoms with Crippen molar-refractivity contribution in [3.8, 4) is 0 Å². The van der Waals surface area contributed by atoms with Crippen LogP contribution in [0.1, 0.15) is 26.2 Å². The van der Waals surface area contributed by atoms with Crippen LogP contribution in [0, 0.1) is 0 Å². The third kappa shape index (κ3) is 7.98. The molecule has 15 atom stereocenters. The molecule has 19 nitrogen and oxygen atoms in total. The molecule has 2 saturated carbocycles. The molecule has 0 aromatic carbocycles. The fraction of sp³-hybridized carbons (Fsp3) is 0.963. The molecule has 2 unspecified atom stereocenters. The molecule has 0 radical (unpaired) electrons. The van der Waals surface area contributed by atoms with E-state index in [1.165, 1.54) is 14.0 Å². The highest BCUT2D eigenvalue weighted by Crippen LogP contribution is 2.35. The molecule has 16 N–H and O–H groups in total. The van der Waals surface area contributed by atoms with Crippen molar-refractivity contribution in [1.82, 2.24) is 16.0 Å². The first-order valence-corrected chi connectivity index (χ1v) is 15.4. The van der Waals surface area contributed by atoms with E-state index in [0.717, 1.165) is 0 Å². The molecule has 4 fully saturated rings. The van der Waals surface area contributed by atoms with Gasteiger partial charge in [-0.2, -0.15) is 0 Å². The minimum atomic E-state index is -1.79. The number of ether oxygens (including phenoxy) is 4. The van der Waals surface area contributed by atoms with Crippen molar-refractivity contribution in [2.24, 2.45) is 11.5 Å². The van der Waals surface area contributed by atoms with Crippen LogP contribution < -0.4 is 27.4 Å². The number of amides is 1. The zero-order valence-electron chi connectivity index (χ0n) is 25.8. The Labute approximate surface area is 265 Å². The zero-order chi connectivity index (χ0) is 34.1. The molecule has 2 saturated heterocycles. The Morgan fingerprint density at radius 2 is 1.63 bits per heavy atom. The predicted molar refractivity (Wildman–Crippen MR) is 154 cm³/mol. The monoisotopic (exact) mass is 669 g/mol. The summed E-state index contributed by atoms with van der Waals surface area (Å²) in [5.74, 6) is -0.766. The average molecular weight is 670 g/mol. The van der Waals surface area contributed by atoms with Crippen molar-refractivity contribution < 1.29 is 69.7 Å². The second-order valence-corrected chi connectivity index (χ2v) is 13.2. The molecular formula is C27H51N5O14. The number of aliphatic hydroxyl groups excluding tert-OH is 7. The van der Waals surface area contributed by atoms with Gasteiger partial charge in [-0.15, -0.1) is 0 Å². The van der Waals surface area contributed by atoms with Crippen LogP contribution in [0.5, 0.6) is 0 Å². The van der Waals surface area contributed by atoms with Crippen molar-refractivity contribution in [2.75, 3.05) is 33.4 Å². The quantitative estimate of drug-likeness (QED) is 0.0917. The van der Waals surface area contributed by atoms with Crippen molar-refractivity contribution in [3.63, 3.8) is 0 Å². The summed E-state index contributed by atoms with van der Waals surface area (Å²) >= 11 is 0. The lowest BCUT2D eigenvalue weighted by atomic mass is 9.75. The van der Waals surface area contributed by atoms with Gasteiger partial charge in [-0.3, -0.25) is 4.79 Å². The second kappa shape index (κ2) is 15.1. The van der Waals surface area contributed by atoms with Gasteiger partial charge in [0.1, 0.15) is 60.0 Å². The standard InChI is InChI=1S/C27H51N5O14/c1-26(41)9-43-23(19(39)22(26)30-2)46-21-13(32-25(40)27(42)4-10(28)5-27)3-12(29)20(18(21)38)45-24-17(37)16(36)15(35)14(44-24)7-31-6-11(34)8-33/h10-24,30-31,33-39,41-42H,3-9,28-29H2,1-2H3,(H,32,40)/t10?,11?,12-,13+,14+,15+,16-,17+,18-,19+,20?,21-,22+,23+,24+,26-,27?/m0/s1. The maximum atomic E-state index is 13.1. The Morgan fingerprint density at radius 1 is 0.978 bits per heavy atom. The van der Waals surface area contributed by atoms with Crippen molar-refractivity contribution in [1.29, 1.82) is 0 Å². The highest BCUT2D eigenvalue weighted by Gasteiger charge is 2.55. The molecular weight excluding hydrogens is 618 g/mol. The maximum absolute atomic E-state index is 13.1. The second-order valence-electron chi connectivity index (χ2n) is 13.2. The topological polar surface area (TPSA) is 324 Å². The van der Waals surface area contributed by atoms with Gasteiger partial charge in [-0.05, 0) is 20.4 Å². The SMILES string of the molecule is CN[C@@H]1[C@@H](O)[C@@H](O[C@H]2[C@H](NC(=O)C3(O)CC(N)C3)C[C@H](N)C(O[C@H]3O[C@H](CNCC(O)CO)[C@@H](O)[C@H](O)[C@H]3O)[C@@H]2O)OC[C@]1(C)O. The third-order valence-corrected chi connectivity index (χ3v) is 9.29. The first-order valence-electron chi connectivity index (χ1n) is 15.4. The lowest BCUT2D eigenvalue weighted by Crippen LogP contribution is -2.71. The Hall–Kier alpha value is -1.21. The fourth-order valence-corrected chi connectivity index (χ4v) is 6.56. The molecule has 0 spiro atoms. The van der Waals surface area contributed by atoms with Crippen LogP contribution in [0.25, 0.3) is 0 Å². The van der Waals surface area contributed by atoms with E-state index in [1.54, 1.807) is 0 Å². The van der Waals surface area contributed by atoms with Crippen LogP contribution in [-0.2, 0) is 23.7 Å². The van der Waals surface area contributed by atoms with Crippen LogP contribution >= 0.6 is 0 Å². The maximum Gasteiger partial charge on any atom is 0.252 e. The van der Waals surface area contributed by atoms with E-state index in [-0.39, 0.29) is 45.0 Å². The summed E-state index contributed by atoms with van der Waals surface area (Å²) in [5, 5.41) is 102. The van der Waals surface area contributed by atoms with Crippen LogP contribution in [0.4, 0.5) is 0 Å². The molecule has 2 aliphatic carbocycles. The van der Waals surface area contributed by atoms with Crippen molar-refractivity contribution >= 4 is 5.91 Å². The Bertz CT molecular complexity index is 1010. The van der Waals surface area contributed by atoms with E-state index in [9.17, 15) is 45.6 Å². The van der Waals surface area contributed by atoms with Crippen LogP contribution in [0.2, 0.25) is 0 Å². The van der Waals surface area contributed by atoms with E-state index in [2.05, 4.69) is 16.0 Å². The van der Waals surface area contributed by atoms with Gasteiger partial charge in [-0.25, -0.2) is 0 Å². The summed E-state index contributed by atoms with van der Waals surface area (Å²) < 4.78 is 23.3. The third-order valence-electron chi connectivity index (χ3n) is 9.29. The molecule has 0 aromatic rings. The minimum absolute atomic E-state index is 0.0148. The number of hydrogen-bond donors (Lipinski definition) is 14. The lowest BCUT2D eigenvalue weighted by Gasteiger charge is -2.50. The number of carbonyl (C=O) groups is 1. The van der Waals surface area contributed by atoms with Gasteiger partial charge in [0.15, 0.2) is 12.6 Å². The highest BCUT2D eigenvalue weighted by molar-refractivity contribution is 5.86. The van der Waals surface area contributed by atoms with Gasteiger partial charge in [0.2, 0.25) is 0 Å². The smallest absolute Gasteiger partial charge is 0.252 e. The van der Waals surface area contributed by atoms with E-state index < -0.39 is 109 Å². The molecule has 2 heterocycles. The summed E-state index contributed by atoms with van der Waals surface area (Å²) in [4.78, 5) is 13.1. The summed E-state index contributed by atoms with van der Waals surface area (Å²) in [6.07, 6.45) is -16.3. The van der Waals surface area contributed by atoms with Crippen LogP contribution in [0.15, 0.2) is 0 Å². The molecule has 2 aliphatic heterocycles. The number of aliphatic hydroxyl groups is 9. The van der Waals surface area contributed by atoms with E-state index in [0.29, 0.717) is 0 Å². The Kier molecular flexibility index (Phi) is 12.4. The molecule has 46 heavy (non-hydrogen) atoms. The molecule has 4 rings (SSSR count). The van der Waals surface area contributed by atoms with Gasteiger partial charge >= 0.3 is 0 Å². The average Bonchev–Trinajstić information content (AvgIpc) is 2.98.